The van der Waals surface area contributed by atoms with Gasteiger partial charge in [0, 0.05) is 21.5 Å². The summed E-state index contributed by atoms with van der Waals surface area (Å²) < 4.78 is 0. The smallest absolute Gasteiger partial charge is 0.0564 e. The lowest BCUT2D eigenvalue weighted by molar-refractivity contribution is 0.571. The van der Waals surface area contributed by atoms with Gasteiger partial charge in [-0.1, -0.05) is 255 Å². The molecule has 0 N–H and O–H groups in total. The van der Waals surface area contributed by atoms with Crippen LogP contribution in [0.3, 0.4) is 0 Å². The van der Waals surface area contributed by atoms with E-state index in [1.54, 1.807) is 22.3 Å². The van der Waals surface area contributed by atoms with E-state index in [0.717, 1.165) is 31.6 Å². The zero-order valence-electron chi connectivity index (χ0n) is 41.8. The molecule has 0 fully saturated rings. The number of aryl methyl sites for hydroxylation is 4. The van der Waals surface area contributed by atoms with Crippen LogP contribution in [0.15, 0.2) is 48.5 Å². The minimum Gasteiger partial charge on any atom is -0.0830 e. The van der Waals surface area contributed by atoms with Crippen LogP contribution in [0.4, 0.5) is 0 Å². The van der Waals surface area contributed by atoms with Gasteiger partial charge in [0.1, 0.15) is 0 Å². The van der Waals surface area contributed by atoms with Gasteiger partial charge in [-0.05, 0) is 119 Å². The van der Waals surface area contributed by atoms with Gasteiger partial charge in [-0.2, -0.15) is 0 Å². The average Bonchev–Trinajstić information content (AvgIpc) is 3.30. The number of rotatable bonds is 36. The number of hydrogen-bond donors (Lipinski definition) is 0. The second-order valence-corrected chi connectivity index (χ2v) is 21.0. The highest BCUT2D eigenvalue weighted by Crippen LogP contribution is 2.43. The Labute approximate surface area is 403 Å². The molecule has 0 aromatic heterocycles. The normalized spacial score (nSPS) is 12.0. The second kappa shape index (κ2) is 30.9. The van der Waals surface area contributed by atoms with Crippen molar-refractivity contribution in [1.82, 2.24) is 0 Å². The molecule has 0 aliphatic heterocycles. The van der Waals surface area contributed by atoms with Crippen LogP contribution in [-0.4, -0.2) is 0 Å². The van der Waals surface area contributed by atoms with Gasteiger partial charge in [-0.25, -0.2) is 0 Å². The Morgan fingerprint density at radius 2 is 0.406 bits per heavy atom. The predicted octanol–water partition coefficient (Wildman–Crippen LogP) is 22.3. The van der Waals surface area contributed by atoms with Crippen molar-refractivity contribution in [2.75, 3.05) is 0 Å². The average molecular weight is 908 g/mol. The fraction of sp³-hybridized carbons (Fsp3) is 0.645. The number of fused-ring (bicyclic) bond motifs is 4. The molecule has 0 aliphatic rings. The SMILES string of the molecule is CCCCCCCCCCc1cc2cc3c(Cl)c4cc5cc(CCCCCCCCCC)c(CCCCCCCCCC)cc5cc4c(Cl)c3cc2cc1CCCCCCCCCC. The van der Waals surface area contributed by atoms with Crippen LogP contribution < -0.4 is 0 Å². The predicted molar refractivity (Wildman–Crippen MR) is 292 cm³/mol. The quantitative estimate of drug-likeness (QED) is 0.0277. The molecule has 0 spiro atoms. The first-order valence-corrected chi connectivity index (χ1v) is 28.5. The van der Waals surface area contributed by atoms with E-state index in [1.807, 2.05) is 0 Å². The Kier molecular flexibility index (Phi) is 25.4. The van der Waals surface area contributed by atoms with Crippen molar-refractivity contribution in [3.63, 3.8) is 0 Å². The van der Waals surface area contributed by atoms with Gasteiger partial charge in [0.25, 0.3) is 0 Å². The molecule has 0 nitrogen and oxygen atoms in total. The van der Waals surface area contributed by atoms with Gasteiger partial charge in [-0.3, -0.25) is 0 Å². The molecule has 5 rings (SSSR count). The number of unbranched alkanes of at least 4 members (excludes halogenated alkanes) is 28. The first-order valence-electron chi connectivity index (χ1n) is 27.7. The number of halogens is 2. The lowest BCUT2D eigenvalue weighted by Gasteiger charge is -2.17. The Hall–Kier alpha value is -2.28. The first-order chi connectivity index (χ1) is 31.5. The Morgan fingerprint density at radius 1 is 0.234 bits per heavy atom. The molecule has 354 valence electrons. The number of hydrogen-bond acceptors (Lipinski definition) is 0. The summed E-state index contributed by atoms with van der Waals surface area (Å²) in [4.78, 5) is 0. The van der Waals surface area contributed by atoms with Gasteiger partial charge >= 0.3 is 0 Å². The number of benzene rings is 5. The molecular formula is C62H92Cl2. The fourth-order valence-electron chi connectivity index (χ4n) is 10.6. The minimum atomic E-state index is 0.846. The monoisotopic (exact) mass is 907 g/mol. The van der Waals surface area contributed by atoms with Gasteiger partial charge in [-0.15, -0.1) is 0 Å². The van der Waals surface area contributed by atoms with Gasteiger partial charge < -0.3 is 0 Å². The molecule has 0 amide bonds. The van der Waals surface area contributed by atoms with Gasteiger partial charge in [0.05, 0.1) is 10.0 Å². The van der Waals surface area contributed by atoms with Crippen LogP contribution >= 0.6 is 23.2 Å². The summed E-state index contributed by atoms with van der Waals surface area (Å²) in [5.74, 6) is 0. The zero-order valence-corrected chi connectivity index (χ0v) is 43.3. The van der Waals surface area contributed by atoms with Crippen molar-refractivity contribution < 1.29 is 0 Å². The Bertz CT molecular complexity index is 1780. The van der Waals surface area contributed by atoms with Crippen molar-refractivity contribution in [3.8, 4) is 0 Å². The molecule has 0 unspecified atom stereocenters. The topological polar surface area (TPSA) is 0 Å². The Morgan fingerprint density at radius 3 is 0.594 bits per heavy atom. The first kappa shape index (κ1) is 52.7. The molecule has 0 saturated heterocycles. The molecule has 0 radical (unpaired) electrons. The third-order valence-electron chi connectivity index (χ3n) is 14.7. The Balaban J connectivity index is 1.41. The summed E-state index contributed by atoms with van der Waals surface area (Å²) in [6.07, 6.45) is 48.2. The maximum atomic E-state index is 7.53. The molecule has 0 heterocycles. The minimum absolute atomic E-state index is 0.846. The van der Waals surface area contributed by atoms with Crippen molar-refractivity contribution in [1.29, 1.82) is 0 Å². The van der Waals surface area contributed by atoms with Gasteiger partial charge in [0.15, 0.2) is 0 Å². The maximum Gasteiger partial charge on any atom is 0.0564 e. The third-order valence-corrected chi connectivity index (χ3v) is 15.5. The van der Waals surface area contributed by atoms with E-state index in [2.05, 4.69) is 76.2 Å². The largest absolute Gasteiger partial charge is 0.0830 e. The van der Waals surface area contributed by atoms with Crippen LogP contribution in [0, 0.1) is 0 Å². The second-order valence-electron chi connectivity index (χ2n) is 20.3. The molecule has 5 aromatic rings. The molecular weight excluding hydrogens is 816 g/mol. The van der Waals surface area contributed by atoms with Crippen molar-refractivity contribution in [3.05, 3.63) is 80.8 Å². The lowest BCUT2D eigenvalue weighted by Crippen LogP contribution is -1.98. The standard InChI is InChI=1S/C62H92Cl2/c1-5-9-13-17-21-25-29-33-37-49-41-53-45-57-58(46-54(53)42-50(49)38-34-30-26-22-18-14-10-6-2)62(64)60-48-56-44-52(40-36-32-28-24-20-16-12-8-4)51(43-55(56)47-59(60)61(57)63)39-35-31-27-23-19-15-11-7-3/h41-48H,5-40H2,1-4H3. The van der Waals surface area contributed by atoms with E-state index < -0.39 is 0 Å². The summed E-state index contributed by atoms with van der Waals surface area (Å²) in [7, 11) is 0. The summed E-state index contributed by atoms with van der Waals surface area (Å²) in [5.41, 5.74) is 6.23. The maximum absolute atomic E-state index is 7.53. The van der Waals surface area contributed by atoms with E-state index in [9.17, 15) is 0 Å². The fourth-order valence-corrected chi connectivity index (χ4v) is 11.3. The van der Waals surface area contributed by atoms with E-state index in [0.29, 0.717) is 0 Å². The van der Waals surface area contributed by atoms with Crippen LogP contribution in [-0.2, 0) is 25.7 Å². The summed E-state index contributed by atoms with van der Waals surface area (Å²) in [6.45, 7) is 9.24. The van der Waals surface area contributed by atoms with E-state index in [4.69, 9.17) is 23.2 Å². The van der Waals surface area contributed by atoms with Gasteiger partial charge in [0.2, 0.25) is 0 Å². The van der Waals surface area contributed by atoms with E-state index >= 15 is 0 Å². The summed E-state index contributed by atoms with van der Waals surface area (Å²) >= 11 is 15.1. The van der Waals surface area contributed by atoms with E-state index in [1.165, 1.54) is 253 Å². The van der Waals surface area contributed by atoms with Crippen molar-refractivity contribution in [2.45, 2.75) is 259 Å². The highest BCUT2D eigenvalue weighted by Gasteiger charge is 2.17. The summed E-state index contributed by atoms with van der Waals surface area (Å²) in [6, 6.07) is 19.5. The third kappa shape index (κ3) is 17.1. The molecule has 0 bridgehead atoms. The van der Waals surface area contributed by atoms with Crippen molar-refractivity contribution in [2.24, 2.45) is 0 Å². The zero-order chi connectivity index (χ0) is 45.2. The van der Waals surface area contributed by atoms with Crippen LogP contribution in [0.2, 0.25) is 10.0 Å². The van der Waals surface area contributed by atoms with E-state index in [-0.39, 0.29) is 0 Å². The molecule has 0 aliphatic carbocycles. The van der Waals surface area contributed by atoms with Crippen LogP contribution in [0.25, 0.3) is 43.1 Å². The summed E-state index contributed by atoms with van der Waals surface area (Å²) in [5, 5.41) is 11.3. The molecule has 5 aromatic carbocycles. The van der Waals surface area contributed by atoms with Crippen LogP contribution in [0.1, 0.15) is 255 Å². The molecule has 64 heavy (non-hydrogen) atoms. The lowest BCUT2D eigenvalue weighted by atomic mass is 9.90. The highest BCUT2D eigenvalue weighted by molar-refractivity contribution is 6.48. The molecule has 0 atom stereocenters. The highest BCUT2D eigenvalue weighted by atomic mass is 35.5. The molecule has 0 saturated carbocycles. The van der Waals surface area contributed by atoms with Crippen LogP contribution in [0.5, 0.6) is 0 Å². The van der Waals surface area contributed by atoms with Crippen molar-refractivity contribution >= 4 is 66.3 Å². The molecule has 2 heteroatoms.